The second kappa shape index (κ2) is 8.14. The Kier molecular flexibility index (Phi) is 6.80. The summed E-state index contributed by atoms with van der Waals surface area (Å²) in [5, 5.41) is 0.313. The normalized spacial score (nSPS) is 12.2. The third-order valence-electron chi connectivity index (χ3n) is 2.54. The lowest BCUT2D eigenvalue weighted by atomic mass is 10.2. The van der Waals surface area contributed by atoms with Crippen LogP contribution in [0.2, 0.25) is 0 Å². The van der Waals surface area contributed by atoms with Gasteiger partial charge in [-0.25, -0.2) is 4.39 Å². The number of carbonyl (C=O) groups excluding carboxylic acids is 1. The predicted molar refractivity (Wildman–Crippen MR) is 73.1 cm³/mol. The molecule has 1 aromatic carbocycles. The van der Waals surface area contributed by atoms with Crippen molar-refractivity contribution in [1.82, 2.24) is 0 Å². The minimum absolute atomic E-state index is 0.132. The van der Waals surface area contributed by atoms with Crippen molar-refractivity contribution in [3.05, 3.63) is 35.6 Å². The predicted octanol–water partition coefficient (Wildman–Crippen LogP) is 3.96. The standard InChI is InChI=1S/C14H19FO2S/c1-3-17-14(16)5-4-10-18-11(2)12-6-8-13(15)9-7-12/h6-9,11H,3-5,10H2,1-2H3. The maximum atomic E-state index is 12.8. The third kappa shape index (κ3) is 5.54. The molecule has 0 heterocycles. The van der Waals surface area contributed by atoms with Crippen LogP contribution in [0.15, 0.2) is 24.3 Å². The van der Waals surface area contributed by atoms with E-state index in [9.17, 15) is 9.18 Å². The van der Waals surface area contributed by atoms with E-state index in [0.717, 1.165) is 17.7 Å². The average Bonchev–Trinajstić information content (AvgIpc) is 2.35. The van der Waals surface area contributed by atoms with Crippen LogP contribution in [0.5, 0.6) is 0 Å². The van der Waals surface area contributed by atoms with Crippen LogP contribution in [0, 0.1) is 5.82 Å². The fourth-order valence-corrected chi connectivity index (χ4v) is 2.55. The van der Waals surface area contributed by atoms with Crippen LogP contribution in [0.1, 0.15) is 37.5 Å². The minimum atomic E-state index is -0.210. The Balaban J connectivity index is 2.23. The van der Waals surface area contributed by atoms with Crippen LogP contribution in [0.4, 0.5) is 4.39 Å². The number of hydrogen-bond acceptors (Lipinski definition) is 3. The molecule has 100 valence electrons. The van der Waals surface area contributed by atoms with Crippen LogP contribution in [-0.2, 0) is 9.53 Å². The van der Waals surface area contributed by atoms with Gasteiger partial charge in [0.2, 0.25) is 0 Å². The van der Waals surface area contributed by atoms with E-state index >= 15 is 0 Å². The van der Waals surface area contributed by atoms with Crippen molar-refractivity contribution < 1.29 is 13.9 Å². The molecule has 18 heavy (non-hydrogen) atoms. The summed E-state index contributed by atoms with van der Waals surface area (Å²) in [7, 11) is 0. The van der Waals surface area contributed by atoms with Gasteiger partial charge in [-0.1, -0.05) is 12.1 Å². The Morgan fingerprint density at radius 1 is 1.39 bits per heavy atom. The monoisotopic (exact) mass is 270 g/mol. The molecule has 1 rings (SSSR count). The van der Waals surface area contributed by atoms with E-state index in [2.05, 4.69) is 6.92 Å². The van der Waals surface area contributed by atoms with Crippen molar-refractivity contribution in [1.29, 1.82) is 0 Å². The van der Waals surface area contributed by atoms with Crippen molar-refractivity contribution >= 4 is 17.7 Å². The average molecular weight is 270 g/mol. The van der Waals surface area contributed by atoms with E-state index in [1.165, 1.54) is 12.1 Å². The molecule has 0 aromatic heterocycles. The molecule has 1 aromatic rings. The lowest BCUT2D eigenvalue weighted by Gasteiger charge is -2.11. The molecule has 0 saturated carbocycles. The highest BCUT2D eigenvalue weighted by Crippen LogP contribution is 2.28. The smallest absolute Gasteiger partial charge is 0.305 e. The number of carbonyl (C=O) groups is 1. The Morgan fingerprint density at radius 3 is 2.67 bits per heavy atom. The zero-order valence-electron chi connectivity index (χ0n) is 10.8. The van der Waals surface area contributed by atoms with Gasteiger partial charge < -0.3 is 4.74 Å². The lowest BCUT2D eigenvalue weighted by molar-refractivity contribution is -0.143. The van der Waals surface area contributed by atoms with E-state index in [0.29, 0.717) is 18.3 Å². The summed E-state index contributed by atoms with van der Waals surface area (Å²) < 4.78 is 17.6. The van der Waals surface area contributed by atoms with Crippen molar-refractivity contribution in [2.45, 2.75) is 31.9 Å². The Hall–Kier alpha value is -1.03. The van der Waals surface area contributed by atoms with E-state index in [1.807, 2.05) is 6.92 Å². The molecule has 0 saturated heterocycles. The highest BCUT2D eigenvalue weighted by molar-refractivity contribution is 7.99. The molecule has 0 aliphatic rings. The maximum absolute atomic E-state index is 12.8. The molecular formula is C14H19FO2S. The number of benzene rings is 1. The summed E-state index contributed by atoms with van der Waals surface area (Å²) in [4.78, 5) is 11.1. The van der Waals surface area contributed by atoms with Gasteiger partial charge in [-0.15, -0.1) is 0 Å². The van der Waals surface area contributed by atoms with Gasteiger partial charge in [0, 0.05) is 11.7 Å². The second-order valence-corrected chi connectivity index (χ2v) is 5.42. The highest BCUT2D eigenvalue weighted by atomic mass is 32.2. The molecule has 0 aliphatic heterocycles. The number of rotatable bonds is 7. The summed E-state index contributed by atoms with van der Waals surface area (Å²) in [6, 6.07) is 6.56. The minimum Gasteiger partial charge on any atom is -0.466 e. The van der Waals surface area contributed by atoms with Crippen molar-refractivity contribution in [2.24, 2.45) is 0 Å². The number of hydrogen-bond donors (Lipinski definition) is 0. The second-order valence-electron chi connectivity index (χ2n) is 3.97. The molecule has 0 N–H and O–H groups in total. The van der Waals surface area contributed by atoms with Crippen molar-refractivity contribution in [2.75, 3.05) is 12.4 Å². The van der Waals surface area contributed by atoms with E-state index in [1.54, 1.807) is 23.9 Å². The van der Waals surface area contributed by atoms with Gasteiger partial charge in [-0.05, 0) is 43.7 Å². The first kappa shape index (κ1) is 15.0. The summed E-state index contributed by atoms with van der Waals surface area (Å²) in [6.07, 6.45) is 1.28. The lowest BCUT2D eigenvalue weighted by Crippen LogP contribution is -2.04. The number of halogens is 1. The number of ether oxygens (including phenoxy) is 1. The van der Waals surface area contributed by atoms with Gasteiger partial charge in [0.05, 0.1) is 6.61 Å². The molecule has 0 bridgehead atoms. The Bertz CT molecular complexity index is 365. The molecule has 0 amide bonds. The molecule has 2 nitrogen and oxygen atoms in total. The first-order valence-electron chi connectivity index (χ1n) is 6.16. The van der Waals surface area contributed by atoms with E-state index in [4.69, 9.17) is 4.74 Å². The topological polar surface area (TPSA) is 26.3 Å². The zero-order chi connectivity index (χ0) is 13.4. The molecule has 1 unspecified atom stereocenters. The maximum Gasteiger partial charge on any atom is 0.305 e. The van der Waals surface area contributed by atoms with E-state index < -0.39 is 0 Å². The SMILES string of the molecule is CCOC(=O)CCCSC(C)c1ccc(F)cc1. The van der Waals surface area contributed by atoms with Crippen molar-refractivity contribution in [3.8, 4) is 0 Å². The summed E-state index contributed by atoms with van der Waals surface area (Å²) in [6.45, 7) is 4.34. The van der Waals surface area contributed by atoms with Crippen LogP contribution < -0.4 is 0 Å². The zero-order valence-corrected chi connectivity index (χ0v) is 11.6. The van der Waals surface area contributed by atoms with Gasteiger partial charge in [-0.3, -0.25) is 4.79 Å². The Labute approximate surface area is 112 Å². The quantitative estimate of drug-likeness (QED) is 0.554. The highest BCUT2D eigenvalue weighted by Gasteiger charge is 2.07. The molecule has 0 spiro atoms. The first-order chi connectivity index (χ1) is 8.63. The Morgan fingerprint density at radius 2 is 2.06 bits per heavy atom. The van der Waals surface area contributed by atoms with E-state index in [-0.39, 0.29) is 11.8 Å². The van der Waals surface area contributed by atoms with Gasteiger partial charge in [0.1, 0.15) is 5.82 Å². The molecule has 0 aliphatic carbocycles. The summed E-state index contributed by atoms with van der Waals surface area (Å²) in [5.74, 6) is 0.558. The van der Waals surface area contributed by atoms with Gasteiger partial charge in [-0.2, -0.15) is 11.8 Å². The third-order valence-corrected chi connectivity index (χ3v) is 3.83. The summed E-state index contributed by atoms with van der Waals surface area (Å²) in [5.41, 5.74) is 1.11. The van der Waals surface area contributed by atoms with Crippen molar-refractivity contribution in [3.63, 3.8) is 0 Å². The van der Waals surface area contributed by atoms with Gasteiger partial charge in [0.15, 0.2) is 0 Å². The number of thioether (sulfide) groups is 1. The van der Waals surface area contributed by atoms with Gasteiger partial charge >= 0.3 is 5.97 Å². The molecular weight excluding hydrogens is 251 g/mol. The summed E-state index contributed by atoms with van der Waals surface area (Å²) >= 11 is 1.77. The van der Waals surface area contributed by atoms with Crippen LogP contribution in [0.25, 0.3) is 0 Å². The fraction of sp³-hybridized carbons (Fsp3) is 0.500. The van der Waals surface area contributed by atoms with Crippen LogP contribution >= 0.6 is 11.8 Å². The van der Waals surface area contributed by atoms with Gasteiger partial charge in [0.25, 0.3) is 0 Å². The first-order valence-corrected chi connectivity index (χ1v) is 7.21. The molecule has 1 atom stereocenters. The number of esters is 1. The van der Waals surface area contributed by atoms with Crippen LogP contribution in [0.3, 0.4) is 0 Å². The fourth-order valence-electron chi connectivity index (χ4n) is 1.54. The largest absolute Gasteiger partial charge is 0.466 e. The van der Waals surface area contributed by atoms with Crippen LogP contribution in [-0.4, -0.2) is 18.3 Å². The molecule has 4 heteroatoms. The molecule has 0 radical (unpaired) electrons. The molecule has 0 fully saturated rings.